The molecule has 1 atom stereocenters. The highest BCUT2D eigenvalue weighted by atomic mass is 32.1. The van der Waals surface area contributed by atoms with Gasteiger partial charge in [-0.05, 0) is 13.8 Å². The second kappa shape index (κ2) is 3.12. The Labute approximate surface area is 65.1 Å². The van der Waals surface area contributed by atoms with E-state index in [-0.39, 0.29) is 6.04 Å². The van der Waals surface area contributed by atoms with Crippen molar-refractivity contribution >= 4 is 11.3 Å². The molecule has 0 aromatic carbocycles. The topological polar surface area (TPSA) is 38.9 Å². The molecule has 0 aliphatic rings. The lowest BCUT2D eigenvalue weighted by atomic mass is 10.2. The average Bonchev–Trinajstić information content (AvgIpc) is 2.13. The maximum absolute atomic E-state index is 5.60. The summed E-state index contributed by atoms with van der Waals surface area (Å²) in [6.45, 7) is 4.00. The van der Waals surface area contributed by atoms with Crippen LogP contribution in [0.15, 0.2) is 5.38 Å². The summed E-state index contributed by atoms with van der Waals surface area (Å²) < 4.78 is 0. The summed E-state index contributed by atoms with van der Waals surface area (Å²) in [4.78, 5) is 4.29. The van der Waals surface area contributed by atoms with E-state index in [4.69, 9.17) is 5.73 Å². The normalized spacial score (nSPS) is 13.5. The van der Waals surface area contributed by atoms with Crippen molar-refractivity contribution in [2.45, 2.75) is 26.3 Å². The van der Waals surface area contributed by atoms with E-state index in [0.717, 1.165) is 17.1 Å². The van der Waals surface area contributed by atoms with Gasteiger partial charge in [0.1, 0.15) is 0 Å². The van der Waals surface area contributed by atoms with Crippen molar-refractivity contribution < 1.29 is 0 Å². The first kappa shape index (κ1) is 7.69. The van der Waals surface area contributed by atoms with Crippen LogP contribution in [0.25, 0.3) is 0 Å². The van der Waals surface area contributed by atoms with Gasteiger partial charge in [0.2, 0.25) is 0 Å². The Morgan fingerprint density at radius 1 is 1.80 bits per heavy atom. The van der Waals surface area contributed by atoms with Crippen molar-refractivity contribution in [1.29, 1.82) is 0 Å². The van der Waals surface area contributed by atoms with Crippen LogP contribution in [0.1, 0.15) is 17.6 Å². The second-order valence-corrected chi connectivity index (χ2v) is 3.60. The maximum atomic E-state index is 5.60. The molecule has 1 heterocycles. The zero-order valence-corrected chi connectivity index (χ0v) is 7.11. The molecule has 0 unspecified atom stereocenters. The fourth-order valence-corrected chi connectivity index (χ4v) is 1.46. The minimum absolute atomic E-state index is 0.224. The molecule has 0 saturated carbocycles. The van der Waals surface area contributed by atoms with Crippen molar-refractivity contribution in [3.63, 3.8) is 0 Å². The van der Waals surface area contributed by atoms with Crippen LogP contribution in [-0.2, 0) is 6.42 Å². The highest BCUT2D eigenvalue weighted by molar-refractivity contribution is 7.09. The predicted octanol–water partition coefficient (Wildman–Crippen LogP) is 1.34. The van der Waals surface area contributed by atoms with Crippen LogP contribution in [0.5, 0.6) is 0 Å². The Morgan fingerprint density at radius 2 is 2.50 bits per heavy atom. The summed E-state index contributed by atoms with van der Waals surface area (Å²) in [5.74, 6) is 0. The third-order valence-corrected chi connectivity index (χ3v) is 2.02. The Bertz CT molecular complexity index is 205. The van der Waals surface area contributed by atoms with Gasteiger partial charge in [0.25, 0.3) is 0 Å². The lowest BCUT2D eigenvalue weighted by Gasteiger charge is -1.98. The predicted molar refractivity (Wildman–Crippen MR) is 44.2 cm³/mol. The molecule has 0 bridgehead atoms. The van der Waals surface area contributed by atoms with Crippen LogP contribution >= 0.6 is 11.3 Å². The molecule has 1 aromatic heterocycles. The lowest BCUT2D eigenvalue weighted by Crippen LogP contribution is -2.17. The van der Waals surface area contributed by atoms with E-state index in [1.54, 1.807) is 11.3 Å². The zero-order valence-electron chi connectivity index (χ0n) is 6.29. The smallest absolute Gasteiger partial charge is 0.0897 e. The van der Waals surface area contributed by atoms with E-state index in [1.807, 2.05) is 13.8 Å². The average molecular weight is 156 g/mol. The number of aromatic nitrogens is 1. The number of nitrogens with zero attached hydrogens (tertiary/aromatic N) is 1. The molecule has 0 saturated heterocycles. The van der Waals surface area contributed by atoms with Gasteiger partial charge in [-0.3, -0.25) is 0 Å². The molecule has 56 valence electrons. The first-order valence-electron chi connectivity index (χ1n) is 3.35. The van der Waals surface area contributed by atoms with Gasteiger partial charge in [-0.25, -0.2) is 4.98 Å². The molecule has 0 fully saturated rings. The summed E-state index contributed by atoms with van der Waals surface area (Å²) in [7, 11) is 0. The Morgan fingerprint density at radius 3 is 2.90 bits per heavy atom. The van der Waals surface area contributed by atoms with Crippen molar-refractivity contribution in [3.8, 4) is 0 Å². The fraction of sp³-hybridized carbons (Fsp3) is 0.571. The molecule has 0 radical (unpaired) electrons. The van der Waals surface area contributed by atoms with Gasteiger partial charge >= 0.3 is 0 Å². The summed E-state index contributed by atoms with van der Waals surface area (Å²) in [6.07, 6.45) is 0.893. The summed E-state index contributed by atoms with van der Waals surface area (Å²) in [6, 6.07) is 0.224. The Hall–Kier alpha value is -0.410. The molecule has 0 aliphatic heterocycles. The highest BCUT2D eigenvalue weighted by Gasteiger charge is 2.00. The summed E-state index contributed by atoms with van der Waals surface area (Å²) >= 11 is 1.68. The van der Waals surface area contributed by atoms with E-state index < -0.39 is 0 Å². The number of aryl methyl sites for hydroxylation is 1. The molecule has 10 heavy (non-hydrogen) atoms. The van der Waals surface area contributed by atoms with E-state index in [1.165, 1.54) is 0 Å². The Balaban J connectivity index is 2.58. The van der Waals surface area contributed by atoms with Gasteiger partial charge in [0, 0.05) is 17.8 Å². The van der Waals surface area contributed by atoms with Crippen LogP contribution < -0.4 is 5.73 Å². The fourth-order valence-electron chi connectivity index (χ4n) is 0.832. The zero-order chi connectivity index (χ0) is 7.56. The van der Waals surface area contributed by atoms with Gasteiger partial charge in [-0.15, -0.1) is 11.3 Å². The van der Waals surface area contributed by atoms with Crippen molar-refractivity contribution in [2.75, 3.05) is 0 Å². The van der Waals surface area contributed by atoms with Gasteiger partial charge in [-0.1, -0.05) is 0 Å². The molecule has 2 N–H and O–H groups in total. The molecule has 1 aromatic rings. The minimum atomic E-state index is 0.224. The molecule has 0 spiro atoms. The van der Waals surface area contributed by atoms with Crippen LogP contribution in [0, 0.1) is 6.92 Å². The quantitative estimate of drug-likeness (QED) is 0.701. The second-order valence-electron chi connectivity index (χ2n) is 2.54. The first-order valence-corrected chi connectivity index (χ1v) is 4.23. The van der Waals surface area contributed by atoms with Gasteiger partial charge < -0.3 is 5.73 Å². The molecular weight excluding hydrogens is 144 g/mol. The Kier molecular flexibility index (Phi) is 2.40. The summed E-state index contributed by atoms with van der Waals surface area (Å²) in [5.41, 5.74) is 6.72. The molecule has 0 amide bonds. The van der Waals surface area contributed by atoms with Gasteiger partial charge in [0.05, 0.1) is 10.7 Å². The first-order chi connectivity index (χ1) is 4.68. The van der Waals surface area contributed by atoms with Crippen molar-refractivity contribution in [3.05, 3.63) is 16.1 Å². The third-order valence-electron chi connectivity index (χ3n) is 1.20. The molecular formula is C7H12N2S. The number of hydrogen-bond acceptors (Lipinski definition) is 3. The monoisotopic (exact) mass is 156 g/mol. The number of hydrogen-bond donors (Lipinski definition) is 1. The van der Waals surface area contributed by atoms with Crippen molar-refractivity contribution in [1.82, 2.24) is 4.98 Å². The standard InChI is InChI=1S/C7H12N2S/c1-5(8)3-7-4-10-6(2)9-7/h4-5H,3,8H2,1-2H3/t5-/m1/s1. The van der Waals surface area contributed by atoms with Crippen LogP contribution in [0.4, 0.5) is 0 Å². The molecule has 0 aliphatic carbocycles. The van der Waals surface area contributed by atoms with Crippen LogP contribution in [0.2, 0.25) is 0 Å². The molecule has 2 nitrogen and oxygen atoms in total. The molecule has 3 heteroatoms. The number of rotatable bonds is 2. The SMILES string of the molecule is Cc1nc(C[C@@H](C)N)cs1. The van der Waals surface area contributed by atoms with Crippen LogP contribution in [-0.4, -0.2) is 11.0 Å². The van der Waals surface area contributed by atoms with E-state index in [9.17, 15) is 0 Å². The maximum Gasteiger partial charge on any atom is 0.0897 e. The lowest BCUT2D eigenvalue weighted by molar-refractivity contribution is 0.724. The third kappa shape index (κ3) is 2.08. The number of thiazole rings is 1. The van der Waals surface area contributed by atoms with Gasteiger partial charge in [-0.2, -0.15) is 0 Å². The largest absolute Gasteiger partial charge is 0.328 e. The minimum Gasteiger partial charge on any atom is -0.328 e. The molecule has 1 rings (SSSR count). The summed E-state index contributed by atoms with van der Waals surface area (Å²) in [5, 5.41) is 3.19. The number of nitrogens with two attached hydrogens (primary N) is 1. The van der Waals surface area contributed by atoms with E-state index >= 15 is 0 Å². The van der Waals surface area contributed by atoms with E-state index in [0.29, 0.717) is 0 Å². The highest BCUT2D eigenvalue weighted by Crippen LogP contribution is 2.08. The van der Waals surface area contributed by atoms with E-state index in [2.05, 4.69) is 10.4 Å². The van der Waals surface area contributed by atoms with Crippen molar-refractivity contribution in [2.24, 2.45) is 5.73 Å². The van der Waals surface area contributed by atoms with Crippen LogP contribution in [0.3, 0.4) is 0 Å². The van der Waals surface area contributed by atoms with Gasteiger partial charge in [0.15, 0.2) is 0 Å².